The fourth-order valence-corrected chi connectivity index (χ4v) is 2.77. The smallest absolute Gasteiger partial charge is 0.337 e. The maximum Gasteiger partial charge on any atom is 0.337 e. The van der Waals surface area contributed by atoms with Gasteiger partial charge in [0.15, 0.2) is 11.4 Å². The van der Waals surface area contributed by atoms with E-state index in [-0.39, 0.29) is 0 Å². The fourth-order valence-electron chi connectivity index (χ4n) is 2.77. The van der Waals surface area contributed by atoms with E-state index in [0.717, 1.165) is 23.7 Å². The zero-order valence-corrected chi connectivity index (χ0v) is 16.3. The van der Waals surface area contributed by atoms with Crippen molar-refractivity contribution in [2.24, 2.45) is 0 Å². The van der Waals surface area contributed by atoms with Gasteiger partial charge in [-0.05, 0) is 56.2 Å². The van der Waals surface area contributed by atoms with Crippen LogP contribution >= 0.6 is 0 Å². The van der Waals surface area contributed by atoms with E-state index in [4.69, 9.17) is 9.52 Å². The highest BCUT2D eigenvalue weighted by molar-refractivity contribution is 5.90. The Kier molecular flexibility index (Phi) is 5.42. The molecular formula is C20H22N4O5. The van der Waals surface area contributed by atoms with Crippen molar-refractivity contribution < 1.29 is 24.2 Å². The molecule has 2 aromatic heterocycles. The Labute approximate surface area is 167 Å². The average molecular weight is 398 g/mol. The standard InChI is InChI=1S/C20H22N4O5/c1-12-7-13(2)9-14(8-12)24-17(10-15(23-24)16-5-4-6-29-16)22-19(27)21-11-20(3,28)18(25)26/h4-10,28H,11H2,1-3H3,(H,25,26)(H2,21,22,27). The van der Waals surface area contributed by atoms with Crippen molar-refractivity contribution in [2.45, 2.75) is 26.4 Å². The minimum atomic E-state index is -2.08. The Morgan fingerprint density at radius 2 is 1.90 bits per heavy atom. The molecule has 152 valence electrons. The van der Waals surface area contributed by atoms with E-state index in [1.165, 1.54) is 6.26 Å². The summed E-state index contributed by atoms with van der Waals surface area (Å²) >= 11 is 0. The van der Waals surface area contributed by atoms with E-state index in [9.17, 15) is 14.7 Å². The molecule has 2 heterocycles. The van der Waals surface area contributed by atoms with Gasteiger partial charge in [0, 0.05) is 6.07 Å². The second kappa shape index (κ2) is 7.80. The SMILES string of the molecule is Cc1cc(C)cc(-n2nc(-c3ccco3)cc2NC(=O)NCC(C)(O)C(=O)O)c1. The summed E-state index contributed by atoms with van der Waals surface area (Å²) < 4.78 is 6.95. The van der Waals surface area contributed by atoms with Gasteiger partial charge in [0.25, 0.3) is 0 Å². The first-order chi connectivity index (χ1) is 13.7. The third-order valence-corrected chi connectivity index (χ3v) is 4.23. The molecule has 0 spiro atoms. The van der Waals surface area contributed by atoms with Crippen molar-refractivity contribution in [1.29, 1.82) is 0 Å². The van der Waals surface area contributed by atoms with E-state index in [2.05, 4.69) is 15.7 Å². The molecule has 0 aliphatic heterocycles. The molecule has 0 fully saturated rings. The zero-order valence-electron chi connectivity index (χ0n) is 16.3. The number of aromatic nitrogens is 2. The van der Waals surface area contributed by atoms with Crippen LogP contribution in [0.5, 0.6) is 0 Å². The highest BCUT2D eigenvalue weighted by atomic mass is 16.4. The van der Waals surface area contributed by atoms with Crippen molar-refractivity contribution in [2.75, 3.05) is 11.9 Å². The van der Waals surface area contributed by atoms with Crippen LogP contribution in [0.2, 0.25) is 0 Å². The fraction of sp³-hybridized carbons (Fsp3) is 0.250. The van der Waals surface area contributed by atoms with Crippen LogP contribution in [-0.2, 0) is 4.79 Å². The van der Waals surface area contributed by atoms with Gasteiger partial charge in [-0.1, -0.05) is 6.07 Å². The van der Waals surface area contributed by atoms with E-state index in [0.29, 0.717) is 17.3 Å². The van der Waals surface area contributed by atoms with Gasteiger partial charge in [0.2, 0.25) is 0 Å². The summed E-state index contributed by atoms with van der Waals surface area (Å²) in [6, 6.07) is 10.3. The molecular weight excluding hydrogens is 376 g/mol. The highest BCUT2D eigenvalue weighted by Crippen LogP contribution is 2.26. The monoisotopic (exact) mass is 398 g/mol. The van der Waals surface area contributed by atoms with Gasteiger partial charge < -0.3 is 19.9 Å². The number of benzene rings is 1. The molecule has 3 aromatic rings. The topological polar surface area (TPSA) is 130 Å². The number of carboxylic acid groups (broad SMARTS) is 1. The van der Waals surface area contributed by atoms with Crippen LogP contribution in [0, 0.1) is 13.8 Å². The summed E-state index contributed by atoms with van der Waals surface area (Å²) in [4.78, 5) is 23.3. The molecule has 29 heavy (non-hydrogen) atoms. The van der Waals surface area contributed by atoms with E-state index in [1.807, 2.05) is 32.0 Å². The van der Waals surface area contributed by atoms with Crippen molar-refractivity contribution in [3.05, 3.63) is 53.8 Å². The van der Waals surface area contributed by atoms with Crippen LogP contribution in [0.25, 0.3) is 17.1 Å². The van der Waals surface area contributed by atoms with Crippen molar-refractivity contribution >= 4 is 17.8 Å². The van der Waals surface area contributed by atoms with Gasteiger partial charge in [-0.25, -0.2) is 14.3 Å². The number of aliphatic carboxylic acids is 1. The maximum absolute atomic E-state index is 12.3. The normalized spacial score (nSPS) is 13.0. The largest absolute Gasteiger partial charge is 0.479 e. The second-order valence-corrected chi connectivity index (χ2v) is 7.04. The number of aryl methyl sites for hydroxylation is 2. The van der Waals surface area contributed by atoms with Crippen molar-refractivity contribution in [3.63, 3.8) is 0 Å². The summed E-state index contributed by atoms with van der Waals surface area (Å²) in [7, 11) is 0. The summed E-state index contributed by atoms with van der Waals surface area (Å²) in [6.07, 6.45) is 1.53. The van der Waals surface area contributed by atoms with Crippen molar-refractivity contribution in [1.82, 2.24) is 15.1 Å². The lowest BCUT2D eigenvalue weighted by Gasteiger charge is -2.18. The number of anilines is 1. The Hall–Kier alpha value is -3.59. The van der Waals surface area contributed by atoms with Crippen LogP contribution in [0.4, 0.5) is 10.6 Å². The van der Waals surface area contributed by atoms with E-state index >= 15 is 0 Å². The first-order valence-corrected chi connectivity index (χ1v) is 8.89. The number of carboxylic acids is 1. The van der Waals surface area contributed by atoms with Gasteiger partial charge >= 0.3 is 12.0 Å². The third kappa shape index (κ3) is 4.64. The van der Waals surface area contributed by atoms with Gasteiger partial charge in [-0.3, -0.25) is 5.32 Å². The van der Waals surface area contributed by atoms with Gasteiger partial charge in [0.05, 0.1) is 18.5 Å². The summed E-state index contributed by atoms with van der Waals surface area (Å²) in [5.74, 6) is -0.544. The molecule has 0 saturated heterocycles. The lowest BCUT2D eigenvalue weighted by Crippen LogP contribution is -2.47. The molecule has 3 rings (SSSR count). The number of urea groups is 1. The summed E-state index contributed by atoms with van der Waals surface area (Å²) in [5, 5.41) is 28.2. The molecule has 0 aliphatic carbocycles. The van der Waals surface area contributed by atoms with Gasteiger partial charge in [0.1, 0.15) is 11.5 Å². The maximum atomic E-state index is 12.3. The Morgan fingerprint density at radius 3 is 2.48 bits per heavy atom. The molecule has 0 aliphatic rings. The molecule has 0 saturated carbocycles. The third-order valence-electron chi connectivity index (χ3n) is 4.23. The lowest BCUT2D eigenvalue weighted by atomic mass is 10.1. The predicted octanol–water partition coefficient (Wildman–Crippen LogP) is 2.71. The molecule has 1 aromatic carbocycles. The van der Waals surface area contributed by atoms with Crippen LogP contribution in [0.1, 0.15) is 18.1 Å². The Balaban J connectivity index is 1.90. The average Bonchev–Trinajstić information content (AvgIpc) is 3.28. The highest BCUT2D eigenvalue weighted by Gasteiger charge is 2.30. The lowest BCUT2D eigenvalue weighted by molar-refractivity contribution is -0.155. The van der Waals surface area contributed by atoms with Gasteiger partial charge in [-0.15, -0.1) is 0 Å². The van der Waals surface area contributed by atoms with E-state index in [1.54, 1.807) is 22.9 Å². The molecule has 1 unspecified atom stereocenters. The molecule has 9 nitrogen and oxygen atoms in total. The number of aliphatic hydroxyl groups is 1. The van der Waals surface area contributed by atoms with Crippen LogP contribution < -0.4 is 10.6 Å². The number of furan rings is 1. The predicted molar refractivity (Wildman–Crippen MR) is 106 cm³/mol. The Morgan fingerprint density at radius 1 is 1.21 bits per heavy atom. The number of hydrogen-bond donors (Lipinski definition) is 4. The first-order valence-electron chi connectivity index (χ1n) is 8.89. The second-order valence-electron chi connectivity index (χ2n) is 7.04. The number of carbonyl (C=O) groups excluding carboxylic acids is 1. The molecule has 2 amide bonds. The molecule has 1 atom stereocenters. The number of hydrogen-bond acceptors (Lipinski definition) is 5. The first kappa shape index (κ1) is 20.2. The quantitative estimate of drug-likeness (QED) is 0.505. The van der Waals surface area contributed by atoms with E-state index < -0.39 is 24.1 Å². The molecule has 0 radical (unpaired) electrons. The molecule has 4 N–H and O–H groups in total. The van der Waals surface area contributed by atoms with Crippen LogP contribution in [0.3, 0.4) is 0 Å². The number of amides is 2. The molecule has 0 bridgehead atoms. The summed E-state index contributed by atoms with van der Waals surface area (Å²) in [6.45, 7) is 4.56. The molecule has 9 heteroatoms. The van der Waals surface area contributed by atoms with Crippen LogP contribution in [0.15, 0.2) is 47.1 Å². The van der Waals surface area contributed by atoms with Crippen molar-refractivity contribution in [3.8, 4) is 17.1 Å². The van der Waals surface area contributed by atoms with Gasteiger partial charge in [-0.2, -0.15) is 5.10 Å². The number of nitrogens with one attached hydrogen (secondary N) is 2. The number of nitrogens with zero attached hydrogens (tertiary/aromatic N) is 2. The summed E-state index contributed by atoms with van der Waals surface area (Å²) in [5.41, 5.74) is 1.24. The number of carbonyl (C=O) groups is 2. The number of rotatable bonds is 6. The Bertz CT molecular complexity index is 1020. The minimum Gasteiger partial charge on any atom is -0.479 e. The minimum absolute atomic E-state index is 0.355. The van der Waals surface area contributed by atoms with Crippen LogP contribution in [-0.4, -0.2) is 44.1 Å². The zero-order chi connectivity index (χ0) is 21.2.